The Morgan fingerprint density at radius 2 is 1.63 bits per heavy atom. The lowest BCUT2D eigenvalue weighted by Crippen LogP contribution is -2.33. The Balaban J connectivity index is 1.09. The number of ether oxygens (including phenoxy) is 1. The molecule has 0 bridgehead atoms. The number of aryl methyl sites for hydroxylation is 1. The molecule has 1 aromatic heterocycles. The SMILES string of the molecule is Cn1nc(NC(=O)OCC2c3ccccc3-c3ccccc32)cc1C(=O)N1C[C@@H]2C(C(=O)O)[C@@H]2C1. The zero-order valence-electron chi connectivity index (χ0n) is 19.0. The van der Waals surface area contributed by atoms with E-state index in [-0.39, 0.29) is 42.0 Å². The minimum absolute atomic E-state index is 0.0306. The largest absolute Gasteiger partial charge is 0.481 e. The van der Waals surface area contributed by atoms with E-state index in [1.807, 2.05) is 24.3 Å². The van der Waals surface area contributed by atoms with Gasteiger partial charge in [-0.1, -0.05) is 48.5 Å². The van der Waals surface area contributed by atoms with Crippen LogP contribution in [0.5, 0.6) is 0 Å². The van der Waals surface area contributed by atoms with E-state index in [2.05, 4.69) is 34.7 Å². The van der Waals surface area contributed by atoms with Crippen LogP contribution in [-0.4, -0.2) is 57.5 Å². The molecular formula is C26H24N4O5. The molecule has 3 aliphatic rings. The third kappa shape index (κ3) is 3.54. The number of aliphatic carboxylic acids is 1. The predicted octanol–water partition coefficient (Wildman–Crippen LogP) is 3.18. The Kier molecular flexibility index (Phi) is 4.87. The van der Waals surface area contributed by atoms with E-state index in [0.29, 0.717) is 18.8 Å². The average Bonchev–Trinajstić information content (AvgIpc) is 3.14. The second-order valence-electron chi connectivity index (χ2n) is 9.39. The first kappa shape index (κ1) is 21.4. The Bertz CT molecular complexity index is 1310. The normalized spacial score (nSPS) is 21.7. The van der Waals surface area contributed by atoms with Crippen molar-refractivity contribution in [1.29, 1.82) is 0 Å². The number of carbonyl (C=O) groups is 3. The van der Waals surface area contributed by atoms with Gasteiger partial charge in [0.2, 0.25) is 0 Å². The number of carbonyl (C=O) groups excluding carboxylic acids is 2. The van der Waals surface area contributed by atoms with Crippen molar-refractivity contribution in [3.8, 4) is 11.1 Å². The number of fused-ring (bicyclic) bond motifs is 4. The number of nitrogens with zero attached hydrogens (tertiary/aromatic N) is 3. The molecule has 1 aliphatic heterocycles. The van der Waals surface area contributed by atoms with Gasteiger partial charge in [0, 0.05) is 32.1 Å². The number of hydrogen-bond donors (Lipinski definition) is 2. The summed E-state index contributed by atoms with van der Waals surface area (Å²) in [6.45, 7) is 1.04. The van der Waals surface area contributed by atoms with E-state index in [4.69, 9.17) is 4.74 Å². The summed E-state index contributed by atoms with van der Waals surface area (Å²) in [5, 5.41) is 16.0. The highest BCUT2D eigenvalue weighted by atomic mass is 16.5. The van der Waals surface area contributed by atoms with Crippen LogP contribution in [0.1, 0.15) is 27.5 Å². The summed E-state index contributed by atoms with van der Waals surface area (Å²) in [5.41, 5.74) is 4.88. The van der Waals surface area contributed by atoms with E-state index < -0.39 is 12.1 Å². The molecule has 2 fully saturated rings. The molecule has 2 aliphatic carbocycles. The van der Waals surface area contributed by atoms with Crippen molar-refractivity contribution in [1.82, 2.24) is 14.7 Å². The number of amides is 2. The zero-order chi connectivity index (χ0) is 24.3. The molecule has 9 heteroatoms. The molecule has 2 N–H and O–H groups in total. The van der Waals surface area contributed by atoms with Crippen molar-refractivity contribution in [3.05, 3.63) is 71.4 Å². The highest BCUT2D eigenvalue weighted by Gasteiger charge is 2.60. The molecule has 3 atom stereocenters. The summed E-state index contributed by atoms with van der Waals surface area (Å²) in [7, 11) is 1.63. The van der Waals surface area contributed by atoms with Gasteiger partial charge in [0.25, 0.3) is 5.91 Å². The predicted molar refractivity (Wildman–Crippen MR) is 126 cm³/mol. The monoisotopic (exact) mass is 472 g/mol. The fourth-order valence-electron chi connectivity index (χ4n) is 5.69. The van der Waals surface area contributed by atoms with Crippen molar-refractivity contribution in [3.63, 3.8) is 0 Å². The average molecular weight is 473 g/mol. The van der Waals surface area contributed by atoms with Crippen LogP contribution in [-0.2, 0) is 16.6 Å². The van der Waals surface area contributed by atoms with E-state index in [1.165, 1.54) is 10.7 Å². The molecule has 6 rings (SSSR count). The number of aromatic nitrogens is 2. The number of piperidine rings is 1. The van der Waals surface area contributed by atoms with Crippen LogP contribution >= 0.6 is 0 Å². The first-order valence-electron chi connectivity index (χ1n) is 11.6. The van der Waals surface area contributed by atoms with E-state index in [9.17, 15) is 19.5 Å². The smallest absolute Gasteiger partial charge is 0.412 e. The Morgan fingerprint density at radius 1 is 1.03 bits per heavy atom. The van der Waals surface area contributed by atoms with Crippen molar-refractivity contribution in [2.24, 2.45) is 24.8 Å². The van der Waals surface area contributed by atoms with Crippen molar-refractivity contribution in [2.45, 2.75) is 5.92 Å². The van der Waals surface area contributed by atoms with Crippen LogP contribution in [0.3, 0.4) is 0 Å². The maximum atomic E-state index is 12.9. The van der Waals surface area contributed by atoms with Crippen LogP contribution < -0.4 is 5.32 Å². The van der Waals surface area contributed by atoms with Gasteiger partial charge in [0.1, 0.15) is 12.3 Å². The van der Waals surface area contributed by atoms with Crippen LogP contribution in [0.15, 0.2) is 54.6 Å². The Morgan fingerprint density at radius 3 is 2.23 bits per heavy atom. The van der Waals surface area contributed by atoms with E-state index >= 15 is 0 Å². The van der Waals surface area contributed by atoms with E-state index in [1.54, 1.807) is 11.9 Å². The third-order valence-corrected chi connectivity index (χ3v) is 7.44. The number of anilines is 1. The second-order valence-corrected chi connectivity index (χ2v) is 9.39. The van der Waals surface area contributed by atoms with Gasteiger partial charge in [0.15, 0.2) is 5.82 Å². The molecule has 2 amide bonds. The van der Waals surface area contributed by atoms with Crippen LogP contribution in [0.4, 0.5) is 10.6 Å². The lowest BCUT2D eigenvalue weighted by molar-refractivity contribution is -0.139. The van der Waals surface area contributed by atoms with Crippen molar-refractivity contribution in [2.75, 3.05) is 25.0 Å². The first-order valence-corrected chi connectivity index (χ1v) is 11.6. The third-order valence-electron chi connectivity index (χ3n) is 7.44. The topological polar surface area (TPSA) is 114 Å². The zero-order valence-corrected chi connectivity index (χ0v) is 19.0. The highest BCUT2D eigenvalue weighted by molar-refractivity contribution is 5.95. The van der Waals surface area contributed by atoms with Gasteiger partial charge in [-0.3, -0.25) is 19.6 Å². The standard InChI is InChI=1S/C26H24N4O5/c1-29-21(24(31)30-11-18-19(12-30)23(18)25(32)33)10-22(28-29)27-26(34)35-13-20-16-8-4-2-6-14(16)15-7-3-5-9-17(15)20/h2-10,18-20,23H,11-13H2,1H3,(H,32,33)(H,27,28,34)/t18-,19+,23?. The highest BCUT2D eigenvalue weighted by Crippen LogP contribution is 2.52. The van der Waals surface area contributed by atoms with Crippen LogP contribution in [0.25, 0.3) is 11.1 Å². The summed E-state index contributed by atoms with van der Waals surface area (Å²) in [6, 6.07) is 17.7. The number of benzene rings is 2. The summed E-state index contributed by atoms with van der Waals surface area (Å²) < 4.78 is 6.97. The fourth-order valence-corrected chi connectivity index (χ4v) is 5.69. The maximum Gasteiger partial charge on any atom is 0.412 e. The van der Waals surface area contributed by atoms with E-state index in [0.717, 1.165) is 22.3 Å². The number of nitrogens with one attached hydrogen (secondary N) is 1. The summed E-state index contributed by atoms with van der Waals surface area (Å²) in [4.78, 5) is 38.3. The molecule has 35 heavy (non-hydrogen) atoms. The second kappa shape index (κ2) is 7.97. The number of carboxylic acid groups (broad SMARTS) is 1. The van der Waals surface area contributed by atoms with Gasteiger partial charge in [-0.25, -0.2) is 4.79 Å². The van der Waals surface area contributed by atoms with Crippen LogP contribution in [0, 0.1) is 17.8 Å². The minimum atomic E-state index is -0.790. The number of likely N-dealkylation sites (tertiary alicyclic amines) is 1. The Labute approximate surface area is 201 Å². The van der Waals surface area contributed by atoms with Gasteiger partial charge < -0.3 is 14.7 Å². The lowest BCUT2D eigenvalue weighted by Gasteiger charge is -2.18. The Hall–Kier alpha value is -4.14. The number of carboxylic acids is 1. The molecule has 0 spiro atoms. The van der Waals surface area contributed by atoms with Gasteiger partial charge in [-0.05, 0) is 34.1 Å². The molecule has 2 aromatic carbocycles. The summed E-state index contributed by atoms with van der Waals surface area (Å²) in [5.74, 6) is -1.12. The molecule has 2 heterocycles. The quantitative estimate of drug-likeness (QED) is 0.590. The van der Waals surface area contributed by atoms with Gasteiger partial charge in [0.05, 0.1) is 5.92 Å². The molecule has 1 saturated carbocycles. The molecule has 9 nitrogen and oxygen atoms in total. The van der Waals surface area contributed by atoms with Gasteiger partial charge in [-0.2, -0.15) is 5.10 Å². The van der Waals surface area contributed by atoms with Gasteiger partial charge >= 0.3 is 12.1 Å². The number of rotatable bonds is 5. The number of hydrogen-bond acceptors (Lipinski definition) is 5. The van der Waals surface area contributed by atoms with Gasteiger partial charge in [-0.15, -0.1) is 0 Å². The van der Waals surface area contributed by atoms with Crippen LogP contribution in [0.2, 0.25) is 0 Å². The van der Waals surface area contributed by atoms with Crippen molar-refractivity contribution < 1.29 is 24.2 Å². The fraction of sp³-hybridized carbons (Fsp3) is 0.308. The molecule has 0 radical (unpaired) electrons. The summed E-state index contributed by atoms with van der Waals surface area (Å²) >= 11 is 0. The molecule has 1 saturated heterocycles. The molecular weight excluding hydrogens is 448 g/mol. The van der Waals surface area contributed by atoms with Crippen molar-refractivity contribution >= 4 is 23.8 Å². The molecule has 1 unspecified atom stereocenters. The lowest BCUT2D eigenvalue weighted by atomic mass is 9.98. The molecule has 178 valence electrons. The minimum Gasteiger partial charge on any atom is -0.481 e. The molecule has 3 aromatic rings. The maximum absolute atomic E-state index is 12.9. The summed E-state index contributed by atoms with van der Waals surface area (Å²) in [6.07, 6.45) is -0.643. The first-order chi connectivity index (χ1) is 16.9.